The third kappa shape index (κ3) is 6.48. The Morgan fingerprint density at radius 2 is 1.84 bits per heavy atom. The molecule has 0 saturated heterocycles. The van der Waals surface area contributed by atoms with Crippen LogP contribution in [0.2, 0.25) is 0 Å². The Morgan fingerprint density at radius 3 is 2.26 bits per heavy atom. The monoisotopic (exact) mass is 276 g/mol. The third-order valence-corrected chi connectivity index (χ3v) is 2.18. The van der Waals surface area contributed by atoms with Gasteiger partial charge in [0.05, 0.1) is 12.6 Å². The second kappa shape index (κ2) is 8.16. The summed E-state index contributed by atoms with van der Waals surface area (Å²) in [6.07, 6.45) is -3.99. The number of aliphatic hydroxyl groups excluding tert-OH is 2. The summed E-state index contributed by atoms with van der Waals surface area (Å²) in [6.45, 7) is 0.805. The number of hydrogen-bond donors (Lipinski definition) is 5. The Balaban J connectivity index is 4.55. The number of rotatable bonds is 8. The van der Waals surface area contributed by atoms with E-state index in [-0.39, 0.29) is 13.0 Å². The molecule has 9 heteroatoms. The van der Waals surface area contributed by atoms with Gasteiger partial charge in [-0.2, -0.15) is 0 Å². The molecule has 3 atom stereocenters. The molecule has 9 nitrogen and oxygen atoms in total. The van der Waals surface area contributed by atoms with Gasteiger partial charge in [-0.05, 0) is 0 Å². The van der Waals surface area contributed by atoms with Gasteiger partial charge in [-0.3, -0.25) is 9.59 Å². The minimum atomic E-state index is -2.13. The summed E-state index contributed by atoms with van der Waals surface area (Å²) in [4.78, 5) is 42.8. The normalized spacial score (nSPS) is 14.9. The average Bonchev–Trinajstić information content (AvgIpc) is 2.33. The molecule has 0 radical (unpaired) electrons. The summed E-state index contributed by atoms with van der Waals surface area (Å²) in [7, 11) is 0. The van der Waals surface area contributed by atoms with Crippen LogP contribution in [-0.4, -0.2) is 64.2 Å². The van der Waals surface area contributed by atoms with Gasteiger partial charge in [0.25, 0.3) is 0 Å². The summed E-state index contributed by atoms with van der Waals surface area (Å²) in [5.41, 5.74) is 0. The van der Waals surface area contributed by atoms with Crippen LogP contribution >= 0.6 is 0 Å². The van der Waals surface area contributed by atoms with Crippen LogP contribution < -0.4 is 10.6 Å². The Bertz CT molecular complexity index is 358. The van der Waals surface area contributed by atoms with Crippen molar-refractivity contribution < 1.29 is 34.5 Å². The largest absolute Gasteiger partial charge is 0.479 e. The quantitative estimate of drug-likeness (QED) is 0.296. The smallest absolute Gasteiger partial charge is 0.335 e. The molecule has 0 rings (SSSR count). The Kier molecular flexibility index (Phi) is 7.30. The minimum Gasteiger partial charge on any atom is -0.479 e. The second-order valence-electron chi connectivity index (χ2n) is 3.76. The topological polar surface area (TPSA) is 153 Å². The highest BCUT2D eigenvalue weighted by atomic mass is 16.4. The van der Waals surface area contributed by atoms with Crippen LogP contribution in [0.5, 0.6) is 0 Å². The molecule has 19 heavy (non-hydrogen) atoms. The maximum absolute atomic E-state index is 11.3. The molecular formula is C10H16N2O7. The lowest BCUT2D eigenvalue weighted by Gasteiger charge is -2.24. The van der Waals surface area contributed by atoms with Gasteiger partial charge in [0.2, 0.25) is 11.8 Å². The SMILES string of the molecule is CC(=O)NCC(=O)N[C@H](CC=O)[C@H](O)[C@H](O)C(=O)O. The first-order valence-corrected chi connectivity index (χ1v) is 5.36. The molecule has 0 aromatic carbocycles. The lowest BCUT2D eigenvalue weighted by Crippen LogP contribution is -2.52. The number of aliphatic carboxylic acids is 1. The van der Waals surface area contributed by atoms with E-state index in [1.807, 2.05) is 0 Å². The van der Waals surface area contributed by atoms with Crippen molar-refractivity contribution in [3.8, 4) is 0 Å². The molecule has 0 aliphatic rings. The predicted molar refractivity (Wildman–Crippen MR) is 60.9 cm³/mol. The molecule has 0 aliphatic carbocycles. The van der Waals surface area contributed by atoms with Crippen molar-refractivity contribution in [2.24, 2.45) is 0 Å². The Morgan fingerprint density at radius 1 is 1.26 bits per heavy atom. The van der Waals surface area contributed by atoms with Gasteiger partial charge in [0, 0.05) is 13.3 Å². The molecule has 0 aliphatic heterocycles. The van der Waals surface area contributed by atoms with Gasteiger partial charge in [0.15, 0.2) is 6.10 Å². The highest BCUT2D eigenvalue weighted by molar-refractivity contribution is 5.84. The van der Waals surface area contributed by atoms with E-state index in [2.05, 4.69) is 10.6 Å². The van der Waals surface area contributed by atoms with Crippen LogP contribution in [0.25, 0.3) is 0 Å². The average molecular weight is 276 g/mol. The standard InChI is InChI=1S/C10H16N2O7/c1-5(14)11-4-7(15)12-6(2-3-13)8(16)9(17)10(18)19/h3,6,8-9,16-17H,2,4H2,1H3,(H,11,14)(H,12,15)(H,18,19)/t6-,8+,9+/m1/s1. The number of carboxylic acids is 1. The van der Waals surface area contributed by atoms with Crippen molar-refractivity contribution in [3.63, 3.8) is 0 Å². The number of nitrogens with one attached hydrogen (secondary N) is 2. The zero-order valence-corrected chi connectivity index (χ0v) is 10.2. The molecule has 0 bridgehead atoms. The fourth-order valence-electron chi connectivity index (χ4n) is 1.22. The van der Waals surface area contributed by atoms with Gasteiger partial charge in [-0.15, -0.1) is 0 Å². The minimum absolute atomic E-state index is 0.362. The Hall–Kier alpha value is -2.00. The first-order valence-electron chi connectivity index (χ1n) is 5.36. The highest BCUT2D eigenvalue weighted by Crippen LogP contribution is 2.04. The van der Waals surface area contributed by atoms with Crippen molar-refractivity contribution in [2.75, 3.05) is 6.54 Å². The van der Waals surface area contributed by atoms with Crippen LogP contribution in [0.3, 0.4) is 0 Å². The molecule has 0 heterocycles. The van der Waals surface area contributed by atoms with Crippen molar-refractivity contribution >= 4 is 24.1 Å². The molecule has 0 fully saturated rings. The first-order chi connectivity index (χ1) is 8.79. The summed E-state index contributed by atoms with van der Waals surface area (Å²) < 4.78 is 0. The molecule has 0 saturated carbocycles. The van der Waals surface area contributed by atoms with Crippen LogP contribution in [0.4, 0.5) is 0 Å². The maximum atomic E-state index is 11.3. The lowest BCUT2D eigenvalue weighted by atomic mass is 10.0. The van der Waals surface area contributed by atoms with Crippen molar-refractivity contribution in [1.82, 2.24) is 10.6 Å². The predicted octanol–water partition coefficient (Wildman–Crippen LogP) is -3.00. The number of aldehydes is 1. The zero-order chi connectivity index (χ0) is 15.0. The number of aliphatic hydroxyl groups is 2. The molecule has 0 spiro atoms. The molecule has 0 aromatic rings. The van der Waals surface area contributed by atoms with Crippen LogP contribution in [-0.2, 0) is 19.2 Å². The molecule has 5 N–H and O–H groups in total. The van der Waals surface area contributed by atoms with Crippen LogP contribution in [0.15, 0.2) is 0 Å². The van der Waals surface area contributed by atoms with E-state index in [0.717, 1.165) is 0 Å². The maximum Gasteiger partial charge on any atom is 0.335 e. The van der Waals surface area contributed by atoms with E-state index in [1.165, 1.54) is 6.92 Å². The van der Waals surface area contributed by atoms with Gasteiger partial charge in [0.1, 0.15) is 12.4 Å². The van der Waals surface area contributed by atoms with Crippen LogP contribution in [0, 0.1) is 0 Å². The van der Waals surface area contributed by atoms with Crippen molar-refractivity contribution in [2.45, 2.75) is 31.6 Å². The summed E-state index contributed by atoms with van der Waals surface area (Å²) >= 11 is 0. The molecular weight excluding hydrogens is 260 g/mol. The molecule has 108 valence electrons. The van der Waals surface area contributed by atoms with E-state index < -0.39 is 36.0 Å². The fraction of sp³-hybridized carbons (Fsp3) is 0.600. The lowest BCUT2D eigenvalue weighted by molar-refractivity contribution is -0.155. The van der Waals surface area contributed by atoms with Gasteiger partial charge < -0.3 is 30.7 Å². The zero-order valence-electron chi connectivity index (χ0n) is 10.2. The second-order valence-corrected chi connectivity index (χ2v) is 3.76. The number of carbonyl (C=O) groups excluding carboxylic acids is 3. The number of carbonyl (C=O) groups is 4. The summed E-state index contributed by atoms with van der Waals surface area (Å²) in [5, 5.41) is 31.5. The fourth-order valence-corrected chi connectivity index (χ4v) is 1.22. The number of carboxylic acid groups (broad SMARTS) is 1. The summed E-state index contributed by atoms with van der Waals surface area (Å²) in [5.74, 6) is -2.86. The molecule has 0 aromatic heterocycles. The third-order valence-electron chi connectivity index (χ3n) is 2.18. The molecule has 0 unspecified atom stereocenters. The van der Waals surface area contributed by atoms with E-state index >= 15 is 0 Å². The molecule has 2 amide bonds. The van der Waals surface area contributed by atoms with Gasteiger partial charge >= 0.3 is 5.97 Å². The van der Waals surface area contributed by atoms with Gasteiger partial charge in [-0.25, -0.2) is 4.79 Å². The van der Waals surface area contributed by atoms with E-state index in [0.29, 0.717) is 6.29 Å². The Labute approximate surface area is 108 Å². The van der Waals surface area contributed by atoms with Crippen LogP contribution in [0.1, 0.15) is 13.3 Å². The van der Waals surface area contributed by atoms with E-state index in [4.69, 9.17) is 10.2 Å². The van der Waals surface area contributed by atoms with Crippen molar-refractivity contribution in [1.29, 1.82) is 0 Å². The number of amides is 2. The van der Waals surface area contributed by atoms with E-state index in [9.17, 15) is 24.3 Å². The first kappa shape index (κ1) is 17.0. The number of hydrogen-bond acceptors (Lipinski definition) is 6. The van der Waals surface area contributed by atoms with Crippen molar-refractivity contribution in [3.05, 3.63) is 0 Å². The highest BCUT2D eigenvalue weighted by Gasteiger charge is 2.31. The van der Waals surface area contributed by atoms with Gasteiger partial charge in [-0.1, -0.05) is 0 Å². The van der Waals surface area contributed by atoms with E-state index in [1.54, 1.807) is 0 Å². The summed E-state index contributed by atoms with van der Waals surface area (Å²) in [6, 6.07) is -1.26.